The maximum atomic E-state index is 13.8. The van der Waals surface area contributed by atoms with Gasteiger partial charge < -0.3 is 15.7 Å². The Morgan fingerprint density at radius 3 is 3.05 bits per heavy atom. The fourth-order valence-electron chi connectivity index (χ4n) is 2.44. The molecule has 0 bridgehead atoms. The van der Waals surface area contributed by atoms with Crippen molar-refractivity contribution in [1.82, 2.24) is 10.6 Å². The summed E-state index contributed by atoms with van der Waals surface area (Å²) in [6.45, 7) is 1.23. The molecule has 112 valence electrons. The first kappa shape index (κ1) is 14.7. The lowest BCUT2D eigenvalue weighted by atomic mass is 10.0. The molecule has 1 fully saturated rings. The van der Waals surface area contributed by atoms with Crippen LogP contribution in [-0.4, -0.2) is 36.2 Å². The minimum atomic E-state index is -0.583. The summed E-state index contributed by atoms with van der Waals surface area (Å²) in [6, 6.07) is 4.26. The number of fused-ring (bicyclic) bond motifs is 1. The van der Waals surface area contributed by atoms with E-state index in [9.17, 15) is 14.3 Å². The SMILES string of the molecule is O=C(NC1CNCCC1O)c1sc2cccc(F)c2c1Cl. The van der Waals surface area contributed by atoms with Crippen LogP contribution in [-0.2, 0) is 0 Å². The van der Waals surface area contributed by atoms with E-state index in [2.05, 4.69) is 10.6 Å². The molecule has 2 heterocycles. The highest BCUT2D eigenvalue weighted by molar-refractivity contribution is 7.21. The maximum Gasteiger partial charge on any atom is 0.263 e. The number of halogens is 2. The molecule has 1 aliphatic rings. The van der Waals surface area contributed by atoms with Crippen LogP contribution in [0.25, 0.3) is 10.1 Å². The van der Waals surface area contributed by atoms with Crippen LogP contribution in [0.15, 0.2) is 18.2 Å². The second-order valence-electron chi connectivity index (χ2n) is 5.00. The van der Waals surface area contributed by atoms with Gasteiger partial charge >= 0.3 is 0 Å². The summed E-state index contributed by atoms with van der Waals surface area (Å²) < 4.78 is 14.4. The monoisotopic (exact) mass is 328 g/mol. The Bertz CT molecular complexity index is 691. The second kappa shape index (κ2) is 5.88. The highest BCUT2D eigenvalue weighted by Gasteiger charge is 2.27. The van der Waals surface area contributed by atoms with Gasteiger partial charge in [-0.1, -0.05) is 17.7 Å². The number of hydrogen-bond acceptors (Lipinski definition) is 4. The third-order valence-electron chi connectivity index (χ3n) is 3.57. The summed E-state index contributed by atoms with van der Waals surface area (Å²) in [7, 11) is 0. The average Bonchev–Trinajstić information content (AvgIpc) is 2.80. The Kier molecular flexibility index (Phi) is 4.12. The zero-order valence-corrected chi connectivity index (χ0v) is 12.6. The molecule has 0 spiro atoms. The maximum absolute atomic E-state index is 13.8. The molecule has 21 heavy (non-hydrogen) atoms. The predicted molar refractivity (Wildman–Crippen MR) is 81.5 cm³/mol. The van der Waals surface area contributed by atoms with Gasteiger partial charge in [-0.15, -0.1) is 11.3 Å². The Balaban J connectivity index is 1.88. The van der Waals surface area contributed by atoms with Gasteiger partial charge in [0.15, 0.2) is 0 Å². The summed E-state index contributed by atoms with van der Waals surface area (Å²) in [5, 5.41) is 16.1. The van der Waals surface area contributed by atoms with E-state index in [1.54, 1.807) is 12.1 Å². The Morgan fingerprint density at radius 2 is 2.33 bits per heavy atom. The van der Waals surface area contributed by atoms with Gasteiger partial charge in [0.05, 0.1) is 17.2 Å². The van der Waals surface area contributed by atoms with Crippen LogP contribution in [0.3, 0.4) is 0 Å². The number of thiophene rings is 1. The first-order chi connectivity index (χ1) is 10.1. The number of amides is 1. The fourth-order valence-corrected chi connectivity index (χ4v) is 3.90. The summed E-state index contributed by atoms with van der Waals surface area (Å²) >= 11 is 7.29. The lowest BCUT2D eigenvalue weighted by Crippen LogP contribution is -2.53. The molecular formula is C14H14ClFN2O2S. The largest absolute Gasteiger partial charge is 0.391 e. The third kappa shape index (κ3) is 2.76. The topological polar surface area (TPSA) is 61.4 Å². The molecule has 0 radical (unpaired) electrons. The molecule has 1 amide bonds. The molecule has 1 saturated heterocycles. The molecule has 0 aliphatic carbocycles. The van der Waals surface area contributed by atoms with Crippen molar-refractivity contribution in [2.75, 3.05) is 13.1 Å². The van der Waals surface area contributed by atoms with Crippen molar-refractivity contribution in [3.8, 4) is 0 Å². The van der Waals surface area contributed by atoms with E-state index in [1.807, 2.05) is 0 Å². The fraction of sp³-hybridized carbons (Fsp3) is 0.357. The van der Waals surface area contributed by atoms with E-state index in [-0.39, 0.29) is 27.2 Å². The van der Waals surface area contributed by atoms with Crippen LogP contribution in [0.5, 0.6) is 0 Å². The van der Waals surface area contributed by atoms with Crippen molar-refractivity contribution in [3.63, 3.8) is 0 Å². The molecule has 2 unspecified atom stereocenters. The number of aliphatic hydroxyl groups is 1. The number of rotatable bonds is 2. The van der Waals surface area contributed by atoms with Gasteiger partial charge in [-0.25, -0.2) is 4.39 Å². The highest BCUT2D eigenvalue weighted by atomic mass is 35.5. The molecular weight excluding hydrogens is 315 g/mol. The van der Waals surface area contributed by atoms with Gasteiger partial charge in [-0.2, -0.15) is 0 Å². The predicted octanol–water partition coefficient (Wildman–Crippen LogP) is 2.15. The zero-order chi connectivity index (χ0) is 15.0. The van der Waals surface area contributed by atoms with Crippen molar-refractivity contribution in [1.29, 1.82) is 0 Å². The van der Waals surface area contributed by atoms with E-state index in [0.717, 1.165) is 17.9 Å². The standard InChI is InChI=1S/C14H14ClFN2O2S/c15-12-11-7(16)2-1-3-10(11)21-13(12)14(20)18-8-6-17-5-4-9(8)19/h1-3,8-9,17,19H,4-6H2,(H,18,20). The van der Waals surface area contributed by atoms with Crippen molar-refractivity contribution in [2.45, 2.75) is 18.6 Å². The number of benzene rings is 1. The van der Waals surface area contributed by atoms with E-state index in [4.69, 9.17) is 11.6 Å². The van der Waals surface area contributed by atoms with E-state index in [1.165, 1.54) is 6.07 Å². The molecule has 1 aromatic carbocycles. The van der Waals surface area contributed by atoms with Crippen molar-refractivity contribution in [3.05, 3.63) is 33.9 Å². The highest BCUT2D eigenvalue weighted by Crippen LogP contribution is 2.36. The molecule has 0 saturated carbocycles. The van der Waals surface area contributed by atoms with Gasteiger partial charge in [0.1, 0.15) is 10.7 Å². The zero-order valence-electron chi connectivity index (χ0n) is 11.0. The number of aliphatic hydroxyl groups excluding tert-OH is 1. The summed E-state index contributed by atoms with van der Waals surface area (Å²) in [6.07, 6.45) is -0.000192. The van der Waals surface area contributed by atoms with E-state index < -0.39 is 11.9 Å². The molecule has 1 aliphatic heterocycles. The van der Waals surface area contributed by atoms with Crippen molar-refractivity contribution in [2.24, 2.45) is 0 Å². The molecule has 7 heteroatoms. The Morgan fingerprint density at radius 1 is 1.52 bits per heavy atom. The summed E-state index contributed by atoms with van der Waals surface area (Å²) in [5.74, 6) is -0.819. The minimum absolute atomic E-state index is 0.129. The minimum Gasteiger partial charge on any atom is -0.391 e. The van der Waals surface area contributed by atoms with Crippen molar-refractivity contribution < 1.29 is 14.3 Å². The lowest BCUT2D eigenvalue weighted by Gasteiger charge is -2.28. The van der Waals surface area contributed by atoms with Crippen LogP contribution in [0.2, 0.25) is 5.02 Å². The molecule has 1 aromatic heterocycles. The van der Waals surface area contributed by atoms with Crippen LogP contribution < -0.4 is 10.6 Å². The van der Waals surface area contributed by atoms with E-state index >= 15 is 0 Å². The van der Waals surface area contributed by atoms with Gasteiger partial charge in [0.25, 0.3) is 5.91 Å². The summed E-state index contributed by atoms with van der Waals surface area (Å²) in [5.41, 5.74) is 0. The van der Waals surface area contributed by atoms with Gasteiger partial charge in [-0.3, -0.25) is 4.79 Å². The summed E-state index contributed by atoms with van der Waals surface area (Å²) in [4.78, 5) is 12.6. The first-order valence-electron chi connectivity index (χ1n) is 6.64. The van der Waals surface area contributed by atoms with Crippen LogP contribution in [0.1, 0.15) is 16.1 Å². The molecule has 2 aromatic rings. The quantitative estimate of drug-likeness (QED) is 0.791. The lowest BCUT2D eigenvalue weighted by molar-refractivity contribution is 0.0758. The number of carbonyl (C=O) groups excluding carboxylic acids is 1. The molecule has 2 atom stereocenters. The smallest absolute Gasteiger partial charge is 0.263 e. The molecule has 3 rings (SSSR count). The normalized spacial score (nSPS) is 22.4. The van der Waals surface area contributed by atoms with Crippen LogP contribution >= 0.6 is 22.9 Å². The average molecular weight is 329 g/mol. The van der Waals surface area contributed by atoms with Gasteiger partial charge in [-0.05, 0) is 25.1 Å². The van der Waals surface area contributed by atoms with E-state index in [0.29, 0.717) is 17.7 Å². The first-order valence-corrected chi connectivity index (χ1v) is 7.83. The molecule has 3 N–H and O–H groups in total. The van der Waals surface area contributed by atoms with Gasteiger partial charge in [0.2, 0.25) is 0 Å². The van der Waals surface area contributed by atoms with Gasteiger partial charge in [0, 0.05) is 16.6 Å². The number of piperidine rings is 1. The number of hydrogen-bond donors (Lipinski definition) is 3. The third-order valence-corrected chi connectivity index (χ3v) is 5.22. The molecule has 4 nitrogen and oxygen atoms in total. The number of nitrogens with one attached hydrogen (secondary N) is 2. The Labute approximate surface area is 129 Å². The second-order valence-corrected chi connectivity index (χ2v) is 6.43. The van der Waals surface area contributed by atoms with Crippen LogP contribution in [0.4, 0.5) is 4.39 Å². The number of carbonyl (C=O) groups is 1. The van der Waals surface area contributed by atoms with Crippen molar-refractivity contribution >= 4 is 38.9 Å². The Hall–Kier alpha value is -1.21. The van der Waals surface area contributed by atoms with Crippen LogP contribution in [0, 0.1) is 5.82 Å².